The molecule has 0 bridgehead atoms. The van der Waals surface area contributed by atoms with Gasteiger partial charge < -0.3 is 15.3 Å². The molecule has 2 aromatic heterocycles. The Morgan fingerprint density at radius 2 is 1.63 bits per heavy atom. The van der Waals surface area contributed by atoms with E-state index in [0.29, 0.717) is 16.6 Å². The first-order valence-electron chi connectivity index (χ1n) is 18.2. The van der Waals surface area contributed by atoms with Crippen molar-refractivity contribution in [3.05, 3.63) is 75.7 Å². The minimum Gasteiger partial charge on any atom is -0.481 e. The van der Waals surface area contributed by atoms with E-state index in [4.69, 9.17) is 9.97 Å². The van der Waals surface area contributed by atoms with Crippen LogP contribution in [0.25, 0.3) is 17.0 Å². The van der Waals surface area contributed by atoms with E-state index in [1.54, 1.807) is 0 Å². The highest BCUT2D eigenvalue weighted by atomic mass is 32.1. The minimum atomic E-state index is -0.907. The minimum absolute atomic E-state index is 0.155. The van der Waals surface area contributed by atoms with Gasteiger partial charge in [0.25, 0.3) is 5.91 Å². The van der Waals surface area contributed by atoms with Crippen LogP contribution in [-0.4, -0.2) is 56.9 Å². The zero-order valence-electron chi connectivity index (χ0n) is 29.1. The summed E-state index contributed by atoms with van der Waals surface area (Å²) >= 11 is 1.45. The molecular formula is C40H50N4O4S. The van der Waals surface area contributed by atoms with Gasteiger partial charge in [-0.15, -0.1) is 11.3 Å². The van der Waals surface area contributed by atoms with Crippen molar-refractivity contribution in [2.75, 3.05) is 13.1 Å². The number of thiophene rings is 1. The quantitative estimate of drug-likeness (QED) is 0.203. The molecule has 1 aromatic carbocycles. The van der Waals surface area contributed by atoms with Crippen molar-refractivity contribution < 1.29 is 19.5 Å². The zero-order valence-corrected chi connectivity index (χ0v) is 29.9. The predicted molar refractivity (Wildman–Crippen MR) is 194 cm³/mol. The molecule has 1 saturated carbocycles. The summed E-state index contributed by atoms with van der Waals surface area (Å²) in [5.74, 6) is 1.74. The number of carboxylic acids is 1. The molecule has 2 fully saturated rings. The molecule has 49 heavy (non-hydrogen) atoms. The number of aromatic nitrogens is 2. The normalized spacial score (nSPS) is 21.9. The molecule has 3 aliphatic rings. The van der Waals surface area contributed by atoms with Crippen molar-refractivity contribution in [1.82, 2.24) is 20.2 Å². The lowest BCUT2D eigenvalue weighted by molar-refractivity contribution is -0.153. The van der Waals surface area contributed by atoms with Crippen molar-refractivity contribution in [3.63, 3.8) is 0 Å². The number of benzene rings is 1. The molecule has 3 aromatic rings. The average Bonchev–Trinajstić information content (AvgIpc) is 3.56. The van der Waals surface area contributed by atoms with Gasteiger partial charge in [-0.3, -0.25) is 14.4 Å². The van der Waals surface area contributed by atoms with E-state index < -0.39 is 17.9 Å². The molecule has 3 heterocycles. The Bertz CT molecular complexity index is 1630. The van der Waals surface area contributed by atoms with E-state index in [2.05, 4.69) is 32.2 Å². The zero-order chi connectivity index (χ0) is 34.5. The highest BCUT2D eigenvalue weighted by molar-refractivity contribution is 7.14. The summed E-state index contributed by atoms with van der Waals surface area (Å²) in [5.41, 5.74) is 4.22. The Kier molecular flexibility index (Phi) is 11.3. The number of nitrogens with one attached hydrogen (secondary N) is 1. The van der Waals surface area contributed by atoms with E-state index in [9.17, 15) is 19.5 Å². The van der Waals surface area contributed by atoms with Gasteiger partial charge in [0.1, 0.15) is 6.04 Å². The van der Waals surface area contributed by atoms with Gasteiger partial charge in [-0.05, 0) is 85.5 Å². The Labute approximate surface area is 294 Å². The van der Waals surface area contributed by atoms with Crippen molar-refractivity contribution in [2.45, 2.75) is 91.0 Å². The number of aliphatic carboxylic acids is 1. The van der Waals surface area contributed by atoms with Gasteiger partial charge >= 0.3 is 5.97 Å². The SMILES string of the molecule is CCC1CCC(C2CC=C(c3cnc(-c4ccc(C[C@H](NC(=O)c5ccc(CC(C)C)s5)C(=O)N5CC(C(=O)O)C5)cc4)nc3)CC2)CC1. The number of carbonyl (C=O) groups is 3. The van der Waals surface area contributed by atoms with Gasteiger partial charge in [0, 0.05) is 47.9 Å². The second kappa shape index (κ2) is 15.8. The lowest BCUT2D eigenvalue weighted by atomic mass is 9.71. The van der Waals surface area contributed by atoms with Crippen molar-refractivity contribution in [2.24, 2.45) is 29.6 Å². The molecule has 1 unspecified atom stereocenters. The fourth-order valence-electron chi connectivity index (χ4n) is 7.76. The van der Waals surface area contributed by atoms with Crippen molar-refractivity contribution >= 4 is 34.7 Å². The molecule has 2 N–H and O–H groups in total. The Morgan fingerprint density at radius 3 is 2.24 bits per heavy atom. The second-order valence-corrected chi connectivity index (χ2v) is 16.0. The first-order chi connectivity index (χ1) is 23.7. The van der Waals surface area contributed by atoms with Crippen LogP contribution in [0.1, 0.15) is 97.8 Å². The number of hydrogen-bond acceptors (Lipinski definition) is 6. The van der Waals surface area contributed by atoms with E-state index in [1.807, 2.05) is 48.8 Å². The van der Waals surface area contributed by atoms with E-state index in [0.717, 1.165) is 58.6 Å². The third-order valence-electron chi connectivity index (χ3n) is 10.9. The van der Waals surface area contributed by atoms with Gasteiger partial charge in [-0.1, -0.05) is 70.4 Å². The van der Waals surface area contributed by atoms with Crippen LogP contribution in [-0.2, 0) is 22.4 Å². The molecule has 8 nitrogen and oxygen atoms in total. The summed E-state index contributed by atoms with van der Waals surface area (Å²) < 4.78 is 0. The number of amides is 2. The monoisotopic (exact) mass is 682 g/mol. The number of nitrogens with zero attached hydrogens (tertiary/aromatic N) is 3. The summed E-state index contributed by atoms with van der Waals surface area (Å²) in [6.07, 6.45) is 17.9. The molecular weight excluding hydrogens is 633 g/mol. The third kappa shape index (κ3) is 8.66. The topological polar surface area (TPSA) is 112 Å². The second-order valence-electron chi connectivity index (χ2n) is 14.8. The summed E-state index contributed by atoms with van der Waals surface area (Å²) in [6.45, 7) is 6.92. The average molecular weight is 683 g/mol. The molecule has 1 saturated heterocycles. The van der Waals surface area contributed by atoms with Crippen LogP contribution in [0.2, 0.25) is 0 Å². The lowest BCUT2D eigenvalue weighted by Gasteiger charge is -2.38. The number of rotatable bonds is 12. The van der Waals surface area contributed by atoms with Crippen molar-refractivity contribution in [3.8, 4) is 11.4 Å². The van der Waals surface area contributed by atoms with Gasteiger partial charge in [-0.25, -0.2) is 9.97 Å². The summed E-state index contributed by atoms with van der Waals surface area (Å²) in [7, 11) is 0. The molecule has 2 aliphatic carbocycles. The molecule has 0 radical (unpaired) electrons. The summed E-state index contributed by atoms with van der Waals surface area (Å²) in [6, 6.07) is 10.8. The van der Waals surface area contributed by atoms with Crippen LogP contribution in [0.4, 0.5) is 0 Å². The Hall–Kier alpha value is -3.85. The van der Waals surface area contributed by atoms with Gasteiger partial charge in [-0.2, -0.15) is 0 Å². The number of carbonyl (C=O) groups excluding carboxylic acids is 2. The first-order valence-corrected chi connectivity index (χ1v) is 19.0. The number of carboxylic acid groups (broad SMARTS) is 1. The van der Waals surface area contributed by atoms with Crippen LogP contribution in [0.3, 0.4) is 0 Å². The maximum absolute atomic E-state index is 13.5. The van der Waals surface area contributed by atoms with Gasteiger partial charge in [0.2, 0.25) is 5.91 Å². The molecule has 260 valence electrons. The molecule has 2 atom stereocenters. The molecule has 1 aliphatic heterocycles. The largest absolute Gasteiger partial charge is 0.481 e. The molecule has 9 heteroatoms. The van der Waals surface area contributed by atoms with Crippen LogP contribution >= 0.6 is 11.3 Å². The van der Waals surface area contributed by atoms with Crippen LogP contribution in [0.15, 0.2) is 54.9 Å². The number of likely N-dealkylation sites (tertiary alicyclic amines) is 1. The maximum Gasteiger partial charge on any atom is 0.310 e. The van der Waals surface area contributed by atoms with E-state index >= 15 is 0 Å². The fourth-order valence-corrected chi connectivity index (χ4v) is 8.88. The first kappa shape index (κ1) is 35.0. The summed E-state index contributed by atoms with van der Waals surface area (Å²) in [5, 5.41) is 12.3. The lowest BCUT2D eigenvalue weighted by Crippen LogP contribution is -2.59. The Balaban J connectivity index is 1.08. The van der Waals surface area contributed by atoms with Crippen molar-refractivity contribution in [1.29, 1.82) is 0 Å². The maximum atomic E-state index is 13.5. The highest BCUT2D eigenvalue weighted by Gasteiger charge is 2.39. The van der Waals surface area contributed by atoms with Crippen LogP contribution < -0.4 is 5.32 Å². The van der Waals surface area contributed by atoms with Gasteiger partial charge in [0.15, 0.2) is 5.82 Å². The van der Waals surface area contributed by atoms with E-state index in [1.165, 1.54) is 60.3 Å². The molecule has 0 spiro atoms. The predicted octanol–water partition coefficient (Wildman–Crippen LogP) is 7.69. The smallest absolute Gasteiger partial charge is 0.310 e. The Morgan fingerprint density at radius 1 is 0.918 bits per heavy atom. The molecule has 2 amide bonds. The number of allylic oxidation sites excluding steroid dienone is 2. The fraction of sp³-hybridized carbons (Fsp3) is 0.525. The third-order valence-corrected chi connectivity index (χ3v) is 12.0. The standard InChI is InChI=1S/C40H50N4O4S/c1-4-26-5-9-28(10-6-26)29-13-15-30(16-14-29)32-21-41-37(42-22-32)31-11-7-27(8-12-31)20-35(39(46)44-23-33(24-44)40(47)48)43-38(45)36-18-17-34(49-36)19-25(2)3/h7-8,11-12,15,17-18,21-22,25-26,28-29,33,35H,4-6,9-10,13-14,16,19-20,23-24H2,1-3H3,(H,43,45)(H,47,48)/t26?,28?,29?,35-/m0/s1. The van der Waals surface area contributed by atoms with Crippen LogP contribution in [0.5, 0.6) is 0 Å². The van der Waals surface area contributed by atoms with Gasteiger partial charge in [0.05, 0.1) is 10.8 Å². The molecule has 6 rings (SSSR count). The highest BCUT2D eigenvalue weighted by Crippen LogP contribution is 2.41. The van der Waals surface area contributed by atoms with Crippen LogP contribution in [0, 0.1) is 29.6 Å². The summed E-state index contributed by atoms with van der Waals surface area (Å²) in [4.78, 5) is 50.7. The number of hydrogen-bond donors (Lipinski definition) is 2. The van der Waals surface area contributed by atoms with E-state index in [-0.39, 0.29) is 31.3 Å².